The van der Waals surface area contributed by atoms with Crippen molar-refractivity contribution in [1.29, 1.82) is 0 Å². The normalized spacial score (nSPS) is 23.2. The highest BCUT2D eigenvalue weighted by atomic mass is 15.1. The van der Waals surface area contributed by atoms with Crippen molar-refractivity contribution in [2.45, 2.75) is 31.1 Å². The number of hydrogen-bond acceptors (Lipinski definition) is 1. The van der Waals surface area contributed by atoms with Gasteiger partial charge in [-0.25, -0.2) is 0 Å². The number of fused-ring (bicyclic) bond motifs is 6. The maximum atomic E-state index is 2.62. The molecule has 8 aromatic rings. The van der Waals surface area contributed by atoms with E-state index < -0.39 is 0 Å². The minimum absolute atomic E-state index is 0.0565. The molecule has 5 aliphatic carbocycles. The monoisotopic (exact) mass is 680 g/mol. The fourth-order valence-electron chi connectivity index (χ4n) is 12.1. The summed E-state index contributed by atoms with van der Waals surface area (Å²) in [5, 5.41) is 2.66. The second kappa shape index (κ2) is 11.1. The topological polar surface area (TPSA) is 8.17 Å². The number of hydrogen-bond donors (Lipinski definition) is 0. The van der Waals surface area contributed by atoms with E-state index in [9.17, 15) is 0 Å². The third-order valence-corrected chi connectivity index (χ3v) is 13.7. The molecular formula is C51H40N2. The van der Waals surface area contributed by atoms with Gasteiger partial charge < -0.3 is 9.47 Å². The summed E-state index contributed by atoms with van der Waals surface area (Å²) >= 11 is 0. The summed E-state index contributed by atoms with van der Waals surface area (Å²) in [6.45, 7) is 0. The predicted octanol–water partition coefficient (Wildman–Crippen LogP) is 13.3. The zero-order valence-electron chi connectivity index (χ0n) is 29.7. The van der Waals surface area contributed by atoms with Crippen LogP contribution in [-0.2, 0) is 5.41 Å². The molecule has 1 aromatic heterocycles. The van der Waals surface area contributed by atoms with Crippen molar-refractivity contribution >= 4 is 38.9 Å². The first-order chi connectivity index (χ1) is 26.3. The van der Waals surface area contributed by atoms with Crippen LogP contribution in [0.4, 0.5) is 17.1 Å². The largest absolute Gasteiger partial charge is 0.310 e. The van der Waals surface area contributed by atoms with Crippen LogP contribution < -0.4 is 4.90 Å². The SMILES string of the molecule is c1ccc(-c2ccc(N(c3ccccc3)c3cccc4c3C3(c5c-4cccc5-n4c5ccccc5c5ccccc54)C4CC5CC(C4)C3C5)cc2)cc1. The fraction of sp³-hybridized carbons (Fsp3) is 0.176. The Morgan fingerprint density at radius 2 is 1.08 bits per heavy atom. The summed E-state index contributed by atoms with van der Waals surface area (Å²) in [4.78, 5) is 2.57. The lowest BCUT2D eigenvalue weighted by atomic mass is 9.58. The molecule has 1 heterocycles. The van der Waals surface area contributed by atoms with Gasteiger partial charge in [0, 0.05) is 27.6 Å². The van der Waals surface area contributed by atoms with Crippen LogP contribution in [0.15, 0.2) is 170 Å². The lowest BCUT2D eigenvalue weighted by Crippen LogP contribution is -2.42. The standard InChI is InChI=1S/C51H40N2/c1-3-13-34(14-4-1)35-25-27-39(28-26-35)52(38-15-5-2-6-16-38)47-23-11-19-42-43-20-12-24-48(53-45-21-9-7-17-40(45)41-18-8-10-22-46(41)53)50(43)51(49(42)47)37-30-33-29-36(32-37)44(51)31-33/h1-28,33,36-37,44H,29-32H2. The summed E-state index contributed by atoms with van der Waals surface area (Å²) < 4.78 is 2.62. The summed E-state index contributed by atoms with van der Waals surface area (Å²) in [7, 11) is 0. The molecule has 5 aliphatic rings. The highest BCUT2D eigenvalue weighted by molar-refractivity contribution is 6.09. The van der Waals surface area contributed by atoms with Crippen LogP contribution in [-0.4, -0.2) is 4.57 Å². The van der Waals surface area contributed by atoms with Crippen LogP contribution in [0.2, 0.25) is 0 Å². The average Bonchev–Trinajstić information content (AvgIpc) is 3.89. The molecule has 7 aromatic carbocycles. The second-order valence-electron chi connectivity index (χ2n) is 16.1. The lowest BCUT2D eigenvalue weighted by molar-refractivity contribution is 0.191. The van der Waals surface area contributed by atoms with Gasteiger partial charge in [-0.2, -0.15) is 0 Å². The van der Waals surface area contributed by atoms with Gasteiger partial charge >= 0.3 is 0 Å². The molecule has 0 radical (unpaired) electrons. The van der Waals surface area contributed by atoms with E-state index in [2.05, 4.69) is 179 Å². The highest BCUT2D eigenvalue weighted by Crippen LogP contribution is 2.75. The Labute approximate surface area is 311 Å². The van der Waals surface area contributed by atoms with Crippen LogP contribution in [0.5, 0.6) is 0 Å². The molecule has 5 unspecified atom stereocenters. The Hall–Kier alpha value is -5.86. The first-order valence-corrected chi connectivity index (χ1v) is 19.6. The van der Waals surface area contributed by atoms with E-state index in [1.807, 2.05) is 0 Å². The number of rotatable bonds is 5. The molecule has 4 bridgehead atoms. The minimum Gasteiger partial charge on any atom is -0.310 e. The van der Waals surface area contributed by atoms with E-state index in [1.54, 1.807) is 11.1 Å². The van der Waals surface area contributed by atoms with Gasteiger partial charge in [-0.15, -0.1) is 0 Å². The van der Waals surface area contributed by atoms with E-state index in [0.29, 0.717) is 11.8 Å². The fourth-order valence-corrected chi connectivity index (χ4v) is 12.1. The van der Waals surface area contributed by atoms with Gasteiger partial charge in [0.15, 0.2) is 0 Å². The maximum Gasteiger partial charge on any atom is 0.0541 e. The van der Waals surface area contributed by atoms with Gasteiger partial charge in [-0.3, -0.25) is 0 Å². The number of aromatic nitrogens is 1. The van der Waals surface area contributed by atoms with Crippen molar-refractivity contribution < 1.29 is 0 Å². The van der Waals surface area contributed by atoms with Crippen molar-refractivity contribution in [2.75, 3.05) is 4.90 Å². The summed E-state index contributed by atoms with van der Waals surface area (Å²) in [6, 6.07) is 63.6. The summed E-state index contributed by atoms with van der Waals surface area (Å²) in [6.07, 6.45) is 5.41. The molecule has 13 rings (SSSR count). The van der Waals surface area contributed by atoms with E-state index in [0.717, 1.165) is 11.8 Å². The van der Waals surface area contributed by atoms with Gasteiger partial charge in [0.25, 0.3) is 0 Å². The van der Waals surface area contributed by atoms with Crippen LogP contribution in [0, 0.1) is 23.7 Å². The molecular weight excluding hydrogens is 641 g/mol. The van der Waals surface area contributed by atoms with Gasteiger partial charge in [0.2, 0.25) is 0 Å². The summed E-state index contributed by atoms with van der Waals surface area (Å²) in [5.41, 5.74) is 16.1. The van der Waals surface area contributed by atoms with E-state index in [1.165, 1.54) is 92.5 Å². The lowest BCUT2D eigenvalue weighted by Gasteiger charge is -2.46. The molecule has 4 saturated carbocycles. The van der Waals surface area contributed by atoms with Crippen molar-refractivity contribution in [1.82, 2.24) is 4.57 Å². The number of para-hydroxylation sites is 3. The van der Waals surface area contributed by atoms with Crippen LogP contribution in [0.25, 0.3) is 49.7 Å². The van der Waals surface area contributed by atoms with Crippen molar-refractivity contribution in [2.24, 2.45) is 23.7 Å². The highest BCUT2D eigenvalue weighted by Gasteiger charge is 2.67. The minimum atomic E-state index is -0.0565. The van der Waals surface area contributed by atoms with E-state index in [-0.39, 0.29) is 5.41 Å². The van der Waals surface area contributed by atoms with Crippen molar-refractivity contribution in [3.8, 4) is 27.9 Å². The number of nitrogens with zero attached hydrogens (tertiary/aromatic N) is 2. The molecule has 2 heteroatoms. The smallest absolute Gasteiger partial charge is 0.0541 e. The molecule has 0 aliphatic heterocycles. The molecule has 2 nitrogen and oxygen atoms in total. The first-order valence-electron chi connectivity index (χ1n) is 19.6. The Bertz CT molecular complexity index is 2650. The molecule has 0 amide bonds. The van der Waals surface area contributed by atoms with Gasteiger partial charge in [0.1, 0.15) is 0 Å². The Balaban J connectivity index is 1.14. The average molecular weight is 681 g/mol. The van der Waals surface area contributed by atoms with Crippen LogP contribution in [0.1, 0.15) is 36.8 Å². The second-order valence-corrected chi connectivity index (χ2v) is 16.1. The number of anilines is 3. The molecule has 0 N–H and O–H groups in total. The van der Waals surface area contributed by atoms with Gasteiger partial charge in [0.05, 0.1) is 22.4 Å². The quantitative estimate of drug-likeness (QED) is 0.176. The third-order valence-electron chi connectivity index (χ3n) is 13.7. The Morgan fingerprint density at radius 1 is 0.472 bits per heavy atom. The molecule has 254 valence electrons. The molecule has 4 fully saturated rings. The zero-order chi connectivity index (χ0) is 34.7. The Kier molecular flexibility index (Phi) is 6.20. The first kappa shape index (κ1) is 29.7. The number of benzene rings is 7. The van der Waals surface area contributed by atoms with Crippen LogP contribution >= 0.6 is 0 Å². The van der Waals surface area contributed by atoms with Crippen LogP contribution in [0.3, 0.4) is 0 Å². The van der Waals surface area contributed by atoms with Gasteiger partial charge in [-0.1, -0.05) is 121 Å². The van der Waals surface area contributed by atoms with E-state index >= 15 is 0 Å². The van der Waals surface area contributed by atoms with Gasteiger partial charge in [-0.05, 0) is 131 Å². The molecule has 1 spiro atoms. The zero-order valence-corrected chi connectivity index (χ0v) is 29.7. The molecule has 0 saturated heterocycles. The third kappa shape index (κ3) is 3.99. The molecule has 5 atom stereocenters. The maximum absolute atomic E-state index is 2.62. The van der Waals surface area contributed by atoms with Crippen molar-refractivity contribution in [3.63, 3.8) is 0 Å². The van der Waals surface area contributed by atoms with E-state index in [4.69, 9.17) is 0 Å². The molecule has 53 heavy (non-hydrogen) atoms. The Morgan fingerprint density at radius 3 is 1.79 bits per heavy atom. The summed E-state index contributed by atoms with van der Waals surface area (Å²) in [5.74, 6) is 2.91. The van der Waals surface area contributed by atoms with Crippen molar-refractivity contribution in [3.05, 3.63) is 181 Å². The predicted molar refractivity (Wildman–Crippen MR) is 220 cm³/mol.